The number of aromatic nitrogens is 1. The number of thiophene rings is 1. The van der Waals surface area contributed by atoms with Crippen LogP contribution in [-0.2, 0) is 9.84 Å². The standard InChI is InChI=1S/C15H11BrN2O3S3/c1-24(20,21)10-4-2-9(3-5-10)14(19)18-15-17-11(8-22-15)12-6-7-13(16)23-12/h2-8H,1H3,(H,17,18,19). The smallest absolute Gasteiger partial charge is 0.257 e. The van der Waals surface area contributed by atoms with Crippen LogP contribution >= 0.6 is 38.6 Å². The largest absolute Gasteiger partial charge is 0.298 e. The highest BCUT2D eigenvalue weighted by molar-refractivity contribution is 9.11. The Bertz CT molecular complexity index is 991. The summed E-state index contributed by atoms with van der Waals surface area (Å²) in [6, 6.07) is 9.70. The van der Waals surface area contributed by atoms with Gasteiger partial charge in [0.25, 0.3) is 5.91 Å². The lowest BCUT2D eigenvalue weighted by Crippen LogP contribution is -2.11. The predicted octanol–water partition coefficient (Wildman–Crippen LogP) is 4.29. The zero-order valence-corrected chi connectivity index (χ0v) is 16.4. The molecule has 3 rings (SSSR count). The number of halogens is 1. The Morgan fingerprint density at radius 3 is 2.46 bits per heavy atom. The van der Waals surface area contributed by atoms with E-state index < -0.39 is 9.84 Å². The van der Waals surface area contributed by atoms with Crippen molar-refractivity contribution in [3.8, 4) is 10.6 Å². The third-order valence-corrected chi connectivity index (χ3v) is 6.63. The van der Waals surface area contributed by atoms with Crippen molar-refractivity contribution in [1.29, 1.82) is 0 Å². The molecule has 0 aliphatic carbocycles. The highest BCUT2D eigenvalue weighted by Crippen LogP contribution is 2.33. The third kappa shape index (κ3) is 3.92. The minimum Gasteiger partial charge on any atom is -0.298 e. The van der Waals surface area contributed by atoms with E-state index in [0.29, 0.717) is 10.7 Å². The molecule has 0 bridgehead atoms. The Kier molecular flexibility index (Phi) is 4.86. The molecule has 1 amide bonds. The molecular weight excluding hydrogens is 432 g/mol. The average molecular weight is 443 g/mol. The molecule has 124 valence electrons. The molecule has 0 saturated carbocycles. The van der Waals surface area contributed by atoms with Crippen LogP contribution in [0.1, 0.15) is 10.4 Å². The van der Waals surface area contributed by atoms with Gasteiger partial charge in [-0.3, -0.25) is 10.1 Å². The Hall–Kier alpha value is -1.55. The van der Waals surface area contributed by atoms with Crippen LogP contribution in [0.5, 0.6) is 0 Å². The van der Waals surface area contributed by atoms with Crippen LogP contribution in [0.25, 0.3) is 10.6 Å². The zero-order chi connectivity index (χ0) is 17.3. The number of carbonyl (C=O) groups excluding carboxylic acids is 1. The van der Waals surface area contributed by atoms with E-state index in [1.54, 1.807) is 11.3 Å². The lowest BCUT2D eigenvalue weighted by Gasteiger charge is -2.03. The number of sulfone groups is 1. The van der Waals surface area contributed by atoms with Crippen LogP contribution in [0.4, 0.5) is 5.13 Å². The molecule has 0 aliphatic heterocycles. The van der Waals surface area contributed by atoms with Gasteiger partial charge in [0.1, 0.15) is 0 Å². The number of amides is 1. The quantitative estimate of drug-likeness (QED) is 0.653. The van der Waals surface area contributed by atoms with Crippen LogP contribution in [0.3, 0.4) is 0 Å². The number of carbonyl (C=O) groups is 1. The fourth-order valence-electron chi connectivity index (χ4n) is 1.92. The summed E-state index contributed by atoms with van der Waals surface area (Å²) in [6.45, 7) is 0. The van der Waals surface area contributed by atoms with E-state index in [1.807, 2.05) is 17.5 Å². The normalized spacial score (nSPS) is 11.4. The van der Waals surface area contributed by atoms with Gasteiger partial charge in [-0.1, -0.05) is 0 Å². The summed E-state index contributed by atoms with van der Waals surface area (Å²) in [6.07, 6.45) is 1.13. The third-order valence-electron chi connectivity index (χ3n) is 3.09. The van der Waals surface area contributed by atoms with E-state index in [2.05, 4.69) is 26.2 Å². The van der Waals surface area contributed by atoms with Gasteiger partial charge in [0, 0.05) is 17.2 Å². The van der Waals surface area contributed by atoms with Gasteiger partial charge in [-0.2, -0.15) is 0 Å². The molecule has 0 saturated heterocycles. The van der Waals surface area contributed by atoms with Crippen LogP contribution in [0.15, 0.2) is 50.5 Å². The number of nitrogens with zero attached hydrogens (tertiary/aromatic N) is 1. The van der Waals surface area contributed by atoms with E-state index in [4.69, 9.17) is 0 Å². The van der Waals surface area contributed by atoms with Crippen molar-refractivity contribution < 1.29 is 13.2 Å². The molecule has 0 atom stereocenters. The van der Waals surface area contributed by atoms with Gasteiger partial charge in [0.05, 0.1) is 19.3 Å². The van der Waals surface area contributed by atoms with Crippen molar-refractivity contribution in [1.82, 2.24) is 4.98 Å². The molecule has 2 heterocycles. The predicted molar refractivity (Wildman–Crippen MR) is 101 cm³/mol. The summed E-state index contributed by atoms with van der Waals surface area (Å²) < 4.78 is 23.9. The molecule has 0 radical (unpaired) electrons. The molecule has 9 heteroatoms. The maximum atomic E-state index is 12.2. The van der Waals surface area contributed by atoms with Gasteiger partial charge in [-0.05, 0) is 52.3 Å². The minimum absolute atomic E-state index is 0.179. The maximum Gasteiger partial charge on any atom is 0.257 e. The van der Waals surface area contributed by atoms with E-state index in [1.165, 1.54) is 35.6 Å². The summed E-state index contributed by atoms with van der Waals surface area (Å²) in [5.41, 5.74) is 1.18. The van der Waals surface area contributed by atoms with Crippen LogP contribution in [0, 0.1) is 0 Å². The first-order chi connectivity index (χ1) is 11.3. The lowest BCUT2D eigenvalue weighted by molar-refractivity contribution is 0.102. The lowest BCUT2D eigenvalue weighted by atomic mass is 10.2. The molecule has 0 spiro atoms. The summed E-state index contributed by atoms with van der Waals surface area (Å²) in [4.78, 5) is 17.8. The number of thiazole rings is 1. The number of anilines is 1. The molecular formula is C15H11BrN2O3S3. The van der Waals surface area contributed by atoms with Crippen LogP contribution in [-0.4, -0.2) is 25.6 Å². The fraction of sp³-hybridized carbons (Fsp3) is 0.0667. The molecule has 5 nitrogen and oxygen atoms in total. The molecule has 2 aromatic heterocycles. The second-order valence-corrected chi connectivity index (χ2v) is 10.2. The first-order valence-corrected chi connectivity index (χ1v) is 11.0. The Morgan fingerprint density at radius 1 is 1.17 bits per heavy atom. The molecule has 24 heavy (non-hydrogen) atoms. The first kappa shape index (κ1) is 17.3. The molecule has 0 fully saturated rings. The SMILES string of the molecule is CS(=O)(=O)c1ccc(C(=O)Nc2nc(-c3ccc(Br)s3)cs2)cc1. The molecule has 1 N–H and O–H groups in total. The second kappa shape index (κ2) is 6.75. The summed E-state index contributed by atoms with van der Waals surface area (Å²) in [7, 11) is -3.27. The Labute approximate surface area is 155 Å². The van der Waals surface area contributed by atoms with Crippen LogP contribution in [0.2, 0.25) is 0 Å². The average Bonchev–Trinajstić information content (AvgIpc) is 3.15. The second-order valence-electron chi connectivity index (χ2n) is 4.89. The van der Waals surface area contributed by atoms with Gasteiger partial charge >= 0.3 is 0 Å². The highest BCUT2D eigenvalue weighted by atomic mass is 79.9. The topological polar surface area (TPSA) is 76.1 Å². The summed E-state index contributed by atoms with van der Waals surface area (Å²) in [5, 5.41) is 5.09. The van der Waals surface area contributed by atoms with Crippen molar-refractivity contribution in [2.24, 2.45) is 0 Å². The Balaban J connectivity index is 1.74. The number of nitrogens with one attached hydrogen (secondary N) is 1. The maximum absolute atomic E-state index is 12.2. The number of hydrogen-bond donors (Lipinski definition) is 1. The fourth-order valence-corrected chi connectivity index (χ4v) is 4.68. The van der Waals surface area contributed by atoms with E-state index >= 15 is 0 Å². The van der Waals surface area contributed by atoms with Gasteiger partial charge in [0.15, 0.2) is 15.0 Å². The molecule has 0 aliphatic rings. The van der Waals surface area contributed by atoms with E-state index in [9.17, 15) is 13.2 Å². The summed E-state index contributed by atoms with van der Waals surface area (Å²) in [5.74, 6) is -0.330. The van der Waals surface area contributed by atoms with Gasteiger partial charge in [0.2, 0.25) is 0 Å². The van der Waals surface area contributed by atoms with Gasteiger partial charge in [-0.15, -0.1) is 22.7 Å². The highest BCUT2D eigenvalue weighted by Gasteiger charge is 2.13. The monoisotopic (exact) mass is 442 g/mol. The number of benzene rings is 1. The van der Waals surface area contributed by atoms with Crippen LogP contribution < -0.4 is 5.32 Å². The van der Waals surface area contributed by atoms with Crippen molar-refractivity contribution in [3.05, 3.63) is 51.1 Å². The molecule has 1 aromatic carbocycles. The van der Waals surface area contributed by atoms with Gasteiger partial charge < -0.3 is 0 Å². The van der Waals surface area contributed by atoms with E-state index in [-0.39, 0.29) is 10.8 Å². The number of hydrogen-bond acceptors (Lipinski definition) is 6. The zero-order valence-electron chi connectivity index (χ0n) is 12.3. The van der Waals surface area contributed by atoms with Crippen molar-refractivity contribution in [3.63, 3.8) is 0 Å². The Morgan fingerprint density at radius 2 is 1.88 bits per heavy atom. The van der Waals surface area contributed by atoms with Crippen molar-refractivity contribution in [2.45, 2.75) is 4.90 Å². The first-order valence-electron chi connectivity index (χ1n) is 6.65. The molecule has 3 aromatic rings. The molecule has 0 unspecified atom stereocenters. The van der Waals surface area contributed by atoms with Gasteiger partial charge in [-0.25, -0.2) is 13.4 Å². The summed E-state index contributed by atoms with van der Waals surface area (Å²) >= 11 is 6.31. The van der Waals surface area contributed by atoms with E-state index in [0.717, 1.165) is 20.6 Å². The van der Waals surface area contributed by atoms with Crippen molar-refractivity contribution >= 4 is 59.5 Å². The minimum atomic E-state index is -3.27. The van der Waals surface area contributed by atoms with Crippen molar-refractivity contribution in [2.75, 3.05) is 11.6 Å². The number of rotatable bonds is 4.